The first-order valence-electron chi connectivity index (χ1n) is 9.09. The van der Waals surface area contributed by atoms with Gasteiger partial charge in [0.15, 0.2) is 0 Å². The molecule has 4 heterocycles. The molecule has 132 valence electrons. The molecule has 0 N–H and O–H groups in total. The van der Waals surface area contributed by atoms with Crippen LogP contribution < -0.4 is 0 Å². The van der Waals surface area contributed by atoms with Gasteiger partial charge in [-0.3, -0.25) is 8.80 Å². The molecule has 7 rings (SSSR count). The summed E-state index contributed by atoms with van der Waals surface area (Å²) in [5.41, 5.74) is 7.18. The zero-order chi connectivity index (χ0) is 19.3. The molecule has 0 aliphatic carbocycles. The Morgan fingerprint density at radius 2 is 1.07 bits per heavy atom. The number of fused-ring (bicyclic) bond motifs is 10. The average molecular weight is 371 g/mol. The molecule has 0 radical (unpaired) electrons. The van der Waals surface area contributed by atoms with Crippen LogP contribution in [0.1, 0.15) is 11.1 Å². The Labute approximate surface area is 162 Å². The minimum atomic E-state index is 0.584. The molecule has 0 spiro atoms. The van der Waals surface area contributed by atoms with Crippen molar-refractivity contribution in [3.05, 3.63) is 65.7 Å². The number of para-hydroxylation sites is 3. The zero-order valence-electron chi connectivity index (χ0n) is 14.8. The first kappa shape index (κ1) is 14.4. The summed E-state index contributed by atoms with van der Waals surface area (Å²) in [7, 11) is 0. The molecule has 29 heavy (non-hydrogen) atoms. The van der Waals surface area contributed by atoms with E-state index >= 15 is 0 Å². The Balaban J connectivity index is 1.87. The standard InChI is InChI=1S/C22H9N7/c23-10-12-4-1-6-14-18(12)27-16-8-3-9-17-20(16)29(21(27)25-14)22-26-15-7-2-5-13(11-24)19(15)28(17)22/h1-9H. The summed E-state index contributed by atoms with van der Waals surface area (Å²) in [6.07, 6.45) is 0. The van der Waals surface area contributed by atoms with E-state index in [0.29, 0.717) is 22.7 Å². The van der Waals surface area contributed by atoms with E-state index < -0.39 is 0 Å². The lowest BCUT2D eigenvalue weighted by Gasteiger charge is -1.99. The number of aromatic nitrogens is 5. The van der Waals surface area contributed by atoms with Crippen molar-refractivity contribution in [2.75, 3.05) is 0 Å². The van der Waals surface area contributed by atoms with Gasteiger partial charge in [0.25, 0.3) is 0 Å². The fourth-order valence-corrected chi connectivity index (χ4v) is 4.56. The van der Waals surface area contributed by atoms with E-state index in [1.165, 1.54) is 0 Å². The Morgan fingerprint density at radius 3 is 1.55 bits per heavy atom. The first-order chi connectivity index (χ1) is 14.3. The number of hydrogen-bond acceptors (Lipinski definition) is 4. The lowest BCUT2D eigenvalue weighted by molar-refractivity contribution is 1.15. The van der Waals surface area contributed by atoms with Gasteiger partial charge < -0.3 is 0 Å². The van der Waals surface area contributed by atoms with Gasteiger partial charge in [-0.1, -0.05) is 18.2 Å². The van der Waals surface area contributed by atoms with Crippen LogP contribution >= 0.6 is 0 Å². The molecule has 0 aliphatic rings. The first-order valence-corrected chi connectivity index (χ1v) is 9.09. The van der Waals surface area contributed by atoms with Gasteiger partial charge in [0, 0.05) is 0 Å². The monoisotopic (exact) mass is 371 g/mol. The van der Waals surface area contributed by atoms with Crippen LogP contribution in [0.5, 0.6) is 0 Å². The third kappa shape index (κ3) is 1.47. The molecule has 7 heteroatoms. The Bertz CT molecular complexity index is 1750. The van der Waals surface area contributed by atoms with Gasteiger partial charge in [-0.25, -0.2) is 14.4 Å². The molecular weight excluding hydrogens is 362 g/mol. The van der Waals surface area contributed by atoms with Crippen molar-refractivity contribution in [1.82, 2.24) is 23.2 Å². The van der Waals surface area contributed by atoms with Crippen LogP contribution in [0.15, 0.2) is 54.6 Å². The van der Waals surface area contributed by atoms with Gasteiger partial charge in [0.05, 0.1) is 44.2 Å². The fraction of sp³-hybridized carbons (Fsp3) is 0. The third-order valence-electron chi connectivity index (χ3n) is 5.66. The molecule has 4 aromatic heterocycles. The summed E-state index contributed by atoms with van der Waals surface area (Å²) in [5.74, 6) is 1.41. The fourth-order valence-electron chi connectivity index (χ4n) is 4.56. The summed E-state index contributed by atoms with van der Waals surface area (Å²) < 4.78 is 6.08. The Hall–Kier alpha value is -4.62. The summed E-state index contributed by atoms with van der Waals surface area (Å²) in [4.78, 5) is 9.67. The SMILES string of the molecule is N#Cc1cccc2nc3n(c4cccc5c4n3c3nc4cccc(C#N)c4n53)c12. The van der Waals surface area contributed by atoms with Gasteiger partial charge in [0.1, 0.15) is 17.7 Å². The van der Waals surface area contributed by atoms with E-state index in [4.69, 9.17) is 9.97 Å². The Kier molecular flexibility index (Phi) is 2.30. The second-order valence-corrected chi connectivity index (χ2v) is 7.04. The molecule has 7 aromatic rings. The van der Waals surface area contributed by atoms with E-state index in [9.17, 15) is 10.5 Å². The van der Waals surface area contributed by atoms with Crippen molar-refractivity contribution >= 4 is 50.2 Å². The Morgan fingerprint density at radius 1 is 0.586 bits per heavy atom. The highest BCUT2D eigenvalue weighted by atomic mass is 15.3. The maximum absolute atomic E-state index is 9.63. The lowest BCUT2D eigenvalue weighted by atomic mass is 10.2. The van der Waals surface area contributed by atoms with E-state index in [1.54, 1.807) is 0 Å². The maximum Gasteiger partial charge on any atom is 0.223 e. The van der Waals surface area contributed by atoms with Crippen LogP contribution in [-0.2, 0) is 0 Å². The highest BCUT2D eigenvalue weighted by Gasteiger charge is 2.24. The largest absolute Gasteiger partial charge is 0.274 e. The van der Waals surface area contributed by atoms with Crippen molar-refractivity contribution in [3.8, 4) is 12.1 Å². The maximum atomic E-state index is 9.63. The minimum absolute atomic E-state index is 0.584. The van der Waals surface area contributed by atoms with Gasteiger partial charge in [0.2, 0.25) is 11.6 Å². The van der Waals surface area contributed by atoms with Crippen LogP contribution in [0, 0.1) is 22.7 Å². The van der Waals surface area contributed by atoms with Gasteiger partial charge in [-0.05, 0) is 36.4 Å². The molecule has 0 amide bonds. The zero-order valence-corrected chi connectivity index (χ0v) is 14.8. The van der Waals surface area contributed by atoms with Crippen LogP contribution in [0.4, 0.5) is 0 Å². The minimum Gasteiger partial charge on any atom is -0.274 e. The van der Waals surface area contributed by atoms with E-state index in [1.807, 2.05) is 67.8 Å². The normalized spacial score (nSPS) is 12.1. The van der Waals surface area contributed by atoms with Crippen LogP contribution in [0.2, 0.25) is 0 Å². The van der Waals surface area contributed by atoms with Gasteiger partial charge in [-0.15, -0.1) is 0 Å². The van der Waals surface area contributed by atoms with Crippen LogP contribution in [0.25, 0.3) is 50.2 Å². The summed E-state index contributed by atoms with van der Waals surface area (Å²) in [5, 5.41) is 19.3. The third-order valence-corrected chi connectivity index (χ3v) is 5.66. The molecule has 0 bridgehead atoms. The van der Waals surface area contributed by atoms with Crippen molar-refractivity contribution in [2.45, 2.75) is 0 Å². The molecule has 0 fully saturated rings. The molecule has 0 saturated carbocycles. The molecule has 3 aromatic carbocycles. The summed E-state index contributed by atoms with van der Waals surface area (Å²) >= 11 is 0. The smallest absolute Gasteiger partial charge is 0.223 e. The number of nitriles is 2. The summed E-state index contributed by atoms with van der Waals surface area (Å²) in [6.45, 7) is 0. The predicted molar refractivity (Wildman–Crippen MR) is 108 cm³/mol. The van der Waals surface area contributed by atoms with Gasteiger partial charge >= 0.3 is 0 Å². The van der Waals surface area contributed by atoms with E-state index in [0.717, 1.165) is 38.6 Å². The van der Waals surface area contributed by atoms with E-state index in [2.05, 4.69) is 12.1 Å². The van der Waals surface area contributed by atoms with Crippen molar-refractivity contribution in [1.29, 1.82) is 10.5 Å². The molecule has 0 saturated heterocycles. The molecule has 0 atom stereocenters. The topological polar surface area (TPSA) is 86.6 Å². The number of rotatable bonds is 0. The van der Waals surface area contributed by atoms with Crippen molar-refractivity contribution in [2.24, 2.45) is 0 Å². The average Bonchev–Trinajstić information content (AvgIpc) is 3.46. The number of benzene rings is 3. The van der Waals surface area contributed by atoms with Crippen LogP contribution in [0.3, 0.4) is 0 Å². The number of hydrogen-bond donors (Lipinski definition) is 0. The quantitative estimate of drug-likeness (QED) is 0.405. The van der Waals surface area contributed by atoms with Crippen molar-refractivity contribution in [3.63, 3.8) is 0 Å². The highest BCUT2D eigenvalue weighted by Crippen LogP contribution is 2.35. The second-order valence-electron chi connectivity index (χ2n) is 7.04. The molecular formula is C22H9N7. The predicted octanol–water partition coefficient (Wildman–Crippen LogP) is 3.88. The summed E-state index contributed by atoms with van der Waals surface area (Å²) in [6, 6.07) is 21.7. The molecule has 0 unspecified atom stereocenters. The van der Waals surface area contributed by atoms with E-state index in [-0.39, 0.29) is 0 Å². The molecule has 7 nitrogen and oxygen atoms in total. The van der Waals surface area contributed by atoms with Crippen LogP contribution in [-0.4, -0.2) is 23.2 Å². The number of nitrogens with zero attached hydrogens (tertiary/aromatic N) is 7. The molecule has 0 aliphatic heterocycles. The van der Waals surface area contributed by atoms with Crippen molar-refractivity contribution < 1.29 is 0 Å². The lowest BCUT2D eigenvalue weighted by Crippen LogP contribution is -1.89. The number of imidazole rings is 4. The second kappa shape index (κ2) is 4.61. The van der Waals surface area contributed by atoms with Gasteiger partial charge in [-0.2, -0.15) is 10.5 Å². The highest BCUT2D eigenvalue weighted by molar-refractivity contribution is 6.04.